The first-order valence-electron chi connectivity index (χ1n) is 11.4. The second-order valence-corrected chi connectivity index (χ2v) is 10.4. The Morgan fingerprint density at radius 2 is 1.97 bits per heavy atom. The van der Waals surface area contributed by atoms with Crippen LogP contribution in [0.2, 0.25) is 0 Å². The summed E-state index contributed by atoms with van der Waals surface area (Å²) in [5.74, 6) is 0.973. The van der Waals surface area contributed by atoms with E-state index in [0.29, 0.717) is 12.2 Å². The molecule has 0 saturated carbocycles. The quantitative estimate of drug-likeness (QED) is 0.799. The van der Waals surface area contributed by atoms with Crippen LogP contribution in [0.15, 0.2) is 35.3 Å². The number of nitrogens with one attached hydrogen (secondary N) is 1. The maximum atomic E-state index is 13.1. The van der Waals surface area contributed by atoms with Gasteiger partial charge >= 0.3 is 5.69 Å². The predicted molar refractivity (Wildman–Crippen MR) is 124 cm³/mol. The number of aromatic amines is 1. The van der Waals surface area contributed by atoms with E-state index < -0.39 is 0 Å². The van der Waals surface area contributed by atoms with Gasteiger partial charge in [0.25, 0.3) is 5.91 Å². The van der Waals surface area contributed by atoms with Crippen LogP contribution >= 0.6 is 0 Å². The zero-order chi connectivity index (χ0) is 22.6. The van der Waals surface area contributed by atoms with Crippen LogP contribution in [-0.4, -0.2) is 68.1 Å². The van der Waals surface area contributed by atoms with Crippen LogP contribution in [0, 0.1) is 5.41 Å². The Kier molecular flexibility index (Phi) is 5.00. The van der Waals surface area contributed by atoms with Gasteiger partial charge in [-0.3, -0.25) is 19.2 Å². The highest BCUT2D eigenvalue weighted by molar-refractivity contribution is 5.92. The number of hydrogen-bond acceptors (Lipinski definition) is 5. The van der Waals surface area contributed by atoms with Gasteiger partial charge in [0.05, 0.1) is 5.69 Å². The highest BCUT2D eigenvalue weighted by Gasteiger charge is 2.46. The Morgan fingerprint density at radius 1 is 1.19 bits per heavy atom. The lowest BCUT2D eigenvalue weighted by molar-refractivity contribution is -0.0250. The highest BCUT2D eigenvalue weighted by Crippen LogP contribution is 2.37. The molecular formula is C24H32N6O2. The number of pyridine rings is 1. The molecule has 2 aromatic rings. The van der Waals surface area contributed by atoms with Crippen molar-refractivity contribution in [1.29, 1.82) is 0 Å². The maximum absolute atomic E-state index is 13.1. The molecule has 2 bridgehead atoms. The molecule has 1 N–H and O–H groups in total. The van der Waals surface area contributed by atoms with Gasteiger partial charge in [0.1, 0.15) is 17.7 Å². The van der Waals surface area contributed by atoms with Crippen molar-refractivity contribution >= 4 is 17.8 Å². The summed E-state index contributed by atoms with van der Waals surface area (Å²) < 4.78 is 1.72. The van der Waals surface area contributed by atoms with Crippen molar-refractivity contribution in [1.82, 2.24) is 24.3 Å². The first-order valence-corrected chi connectivity index (χ1v) is 11.4. The summed E-state index contributed by atoms with van der Waals surface area (Å²) in [6.45, 7) is 9.04. The third kappa shape index (κ3) is 3.56. The smallest absolute Gasteiger partial charge is 0.327 e. The predicted octanol–water partition coefficient (Wildman–Crippen LogP) is 2.30. The Labute approximate surface area is 188 Å². The van der Waals surface area contributed by atoms with E-state index >= 15 is 0 Å². The van der Waals surface area contributed by atoms with Crippen LogP contribution in [0.3, 0.4) is 0 Å². The number of anilines is 1. The van der Waals surface area contributed by atoms with Gasteiger partial charge in [-0.05, 0) is 42.5 Å². The van der Waals surface area contributed by atoms with Crippen molar-refractivity contribution in [2.45, 2.75) is 51.9 Å². The SMILES string of the molecule is Cn1c2c([nH]c1=O)C=CC(N1CC3CCC1CN3C(=O)c1ccccn1)N2CC(C)(C)C. The summed E-state index contributed by atoms with van der Waals surface area (Å²) in [7, 11) is 1.83. The minimum atomic E-state index is -0.0912. The van der Waals surface area contributed by atoms with E-state index in [0.717, 1.165) is 37.4 Å². The van der Waals surface area contributed by atoms with Gasteiger partial charge in [0.15, 0.2) is 0 Å². The van der Waals surface area contributed by atoms with Gasteiger partial charge in [-0.15, -0.1) is 0 Å². The molecule has 8 heteroatoms. The van der Waals surface area contributed by atoms with E-state index in [1.807, 2.05) is 30.2 Å². The van der Waals surface area contributed by atoms with Crippen molar-refractivity contribution in [2.24, 2.45) is 12.5 Å². The largest absolute Gasteiger partial charge is 0.336 e. The highest BCUT2D eigenvalue weighted by atomic mass is 16.2. The molecule has 170 valence electrons. The van der Waals surface area contributed by atoms with Crippen LogP contribution < -0.4 is 10.6 Å². The van der Waals surface area contributed by atoms with Crippen molar-refractivity contribution < 1.29 is 4.79 Å². The number of piperazine rings is 1. The molecule has 4 aliphatic rings. The van der Waals surface area contributed by atoms with Crippen molar-refractivity contribution in [3.63, 3.8) is 0 Å². The summed E-state index contributed by atoms with van der Waals surface area (Å²) >= 11 is 0. The molecular weight excluding hydrogens is 404 g/mol. The number of H-pyrrole nitrogens is 1. The standard InChI is InChI=1S/C24H32N6O2/c1-24(2,3)15-30-20(11-10-18-21(30)27(4)23(32)26-18)28-13-17-9-8-16(28)14-29(17)22(31)19-7-5-6-12-25-19/h5-7,10-12,16-17,20H,8-9,13-15H2,1-4H3,(H,26,32). The monoisotopic (exact) mass is 436 g/mol. The minimum absolute atomic E-state index is 0.0287. The van der Waals surface area contributed by atoms with Crippen LogP contribution in [0.1, 0.15) is 49.8 Å². The molecule has 1 amide bonds. The van der Waals surface area contributed by atoms with E-state index in [1.54, 1.807) is 16.8 Å². The molecule has 32 heavy (non-hydrogen) atoms. The first kappa shape index (κ1) is 21.0. The molecule has 8 nitrogen and oxygen atoms in total. The Hall–Kier alpha value is -2.87. The van der Waals surface area contributed by atoms with E-state index in [2.05, 4.69) is 46.6 Å². The summed E-state index contributed by atoms with van der Waals surface area (Å²) in [6, 6.07) is 5.96. The normalized spacial score (nSPS) is 25.3. The zero-order valence-corrected chi connectivity index (χ0v) is 19.3. The van der Waals surface area contributed by atoms with E-state index in [9.17, 15) is 9.59 Å². The minimum Gasteiger partial charge on any atom is -0.336 e. The maximum Gasteiger partial charge on any atom is 0.327 e. The number of carbonyl (C=O) groups is 1. The lowest BCUT2D eigenvalue weighted by Crippen LogP contribution is -2.68. The van der Waals surface area contributed by atoms with E-state index in [1.165, 1.54) is 0 Å². The zero-order valence-electron chi connectivity index (χ0n) is 19.3. The van der Waals surface area contributed by atoms with E-state index in [4.69, 9.17) is 0 Å². The van der Waals surface area contributed by atoms with Gasteiger partial charge < -0.3 is 14.8 Å². The van der Waals surface area contributed by atoms with E-state index in [-0.39, 0.29) is 35.3 Å². The first-order chi connectivity index (χ1) is 15.2. The summed E-state index contributed by atoms with van der Waals surface area (Å²) in [5.41, 5.74) is 1.35. The van der Waals surface area contributed by atoms with Crippen LogP contribution in [-0.2, 0) is 7.05 Å². The molecule has 3 unspecified atom stereocenters. The lowest BCUT2D eigenvalue weighted by Gasteiger charge is -2.56. The van der Waals surface area contributed by atoms with Crippen molar-refractivity contribution in [3.8, 4) is 0 Å². The molecule has 3 atom stereocenters. The topological polar surface area (TPSA) is 77.5 Å². The van der Waals surface area contributed by atoms with Crippen molar-refractivity contribution in [3.05, 3.63) is 52.3 Å². The summed E-state index contributed by atoms with van der Waals surface area (Å²) in [4.78, 5) is 39.6. The molecule has 2 aromatic heterocycles. The molecule has 6 rings (SSSR count). The van der Waals surface area contributed by atoms with Gasteiger partial charge in [0, 0.05) is 45.0 Å². The average Bonchev–Trinajstić information content (AvgIpc) is 3.07. The average molecular weight is 437 g/mol. The fraction of sp³-hybridized carbons (Fsp3) is 0.542. The van der Waals surface area contributed by atoms with Gasteiger partial charge in [-0.2, -0.15) is 0 Å². The third-order valence-corrected chi connectivity index (χ3v) is 6.83. The number of rotatable bonds is 3. The molecule has 3 fully saturated rings. The second-order valence-electron chi connectivity index (χ2n) is 10.4. The lowest BCUT2D eigenvalue weighted by atomic mass is 9.88. The summed E-state index contributed by atoms with van der Waals surface area (Å²) in [5, 5.41) is 0. The molecule has 0 aromatic carbocycles. The molecule has 3 saturated heterocycles. The fourth-order valence-electron chi connectivity index (χ4n) is 5.45. The third-order valence-electron chi connectivity index (χ3n) is 6.83. The number of nitrogens with zero attached hydrogens (tertiary/aromatic N) is 5. The Balaban J connectivity index is 1.43. The Morgan fingerprint density at radius 3 is 2.62 bits per heavy atom. The number of carbonyl (C=O) groups excluding carboxylic acids is 1. The van der Waals surface area contributed by atoms with Crippen LogP contribution in [0.4, 0.5) is 5.82 Å². The number of aromatic nitrogens is 3. The molecule has 6 heterocycles. The van der Waals surface area contributed by atoms with Crippen LogP contribution in [0.5, 0.6) is 0 Å². The van der Waals surface area contributed by atoms with Gasteiger partial charge in [-0.1, -0.05) is 26.8 Å². The number of imidazole rings is 1. The molecule has 0 aliphatic carbocycles. The Bertz CT molecular complexity index is 1100. The molecule has 0 spiro atoms. The van der Waals surface area contributed by atoms with Gasteiger partial charge in [0.2, 0.25) is 0 Å². The van der Waals surface area contributed by atoms with Crippen LogP contribution in [0.25, 0.3) is 6.08 Å². The second kappa shape index (κ2) is 7.62. The number of fused-ring (bicyclic) bond motifs is 4. The molecule has 0 radical (unpaired) electrons. The number of hydrogen-bond donors (Lipinski definition) is 1. The number of piperidine rings is 2. The van der Waals surface area contributed by atoms with Crippen molar-refractivity contribution in [2.75, 3.05) is 24.5 Å². The fourth-order valence-corrected chi connectivity index (χ4v) is 5.45. The van der Waals surface area contributed by atoms with Gasteiger partial charge in [-0.25, -0.2) is 4.79 Å². The summed E-state index contributed by atoms with van der Waals surface area (Å²) in [6.07, 6.45) is 8.07. The molecule has 4 aliphatic heterocycles. The number of amides is 1.